The van der Waals surface area contributed by atoms with Crippen LogP contribution in [0.3, 0.4) is 0 Å². The third-order valence-electron chi connectivity index (χ3n) is 7.32. The molecule has 0 spiro atoms. The van der Waals surface area contributed by atoms with E-state index in [-0.39, 0.29) is 36.1 Å². The molecule has 36 heavy (non-hydrogen) atoms. The number of hydrogen-bond donors (Lipinski definition) is 1. The molecule has 4 atom stereocenters. The molecule has 1 aliphatic carbocycles. The van der Waals surface area contributed by atoms with Crippen molar-refractivity contribution in [3.8, 4) is 0 Å². The normalized spacial score (nSPS) is 28.6. The number of benzene rings is 2. The van der Waals surface area contributed by atoms with Gasteiger partial charge in [-0.1, -0.05) is 17.7 Å². The zero-order valence-electron chi connectivity index (χ0n) is 20.0. The molecule has 4 unspecified atom stereocenters. The summed E-state index contributed by atoms with van der Waals surface area (Å²) in [7, 11) is -8.11. The first-order valence-electron chi connectivity index (χ1n) is 11.7. The SMILES string of the molecule is C=CCC1C2CC(c3cc(F)ccc3F)(S(=O)(=O)c3ccc(Cl)cc3)CCC2NS(=O)(=O)N1C(C)C. The highest BCUT2D eigenvalue weighted by Gasteiger charge is 2.58. The predicted octanol–water partition coefficient (Wildman–Crippen LogP) is 4.96. The molecule has 196 valence electrons. The second-order valence-corrected chi connectivity index (χ2v) is 14.0. The van der Waals surface area contributed by atoms with E-state index < -0.39 is 60.5 Å². The maximum atomic E-state index is 15.3. The van der Waals surface area contributed by atoms with Crippen LogP contribution in [-0.4, -0.2) is 39.3 Å². The van der Waals surface area contributed by atoms with Gasteiger partial charge in [-0.15, -0.1) is 6.58 Å². The van der Waals surface area contributed by atoms with Crippen molar-refractivity contribution in [2.24, 2.45) is 5.92 Å². The number of rotatable bonds is 6. The Balaban J connectivity index is 1.93. The summed E-state index contributed by atoms with van der Waals surface area (Å²) in [6.07, 6.45) is 1.82. The van der Waals surface area contributed by atoms with E-state index in [4.69, 9.17) is 11.6 Å². The molecular weight excluding hydrogens is 530 g/mol. The molecule has 2 aromatic carbocycles. The van der Waals surface area contributed by atoms with Crippen molar-refractivity contribution < 1.29 is 25.6 Å². The van der Waals surface area contributed by atoms with Gasteiger partial charge >= 0.3 is 0 Å². The average molecular weight is 559 g/mol. The molecule has 2 fully saturated rings. The quantitative estimate of drug-likeness (QED) is 0.508. The molecule has 0 aromatic heterocycles. The van der Waals surface area contributed by atoms with Crippen molar-refractivity contribution in [3.05, 3.63) is 77.3 Å². The Morgan fingerprint density at radius 2 is 1.89 bits per heavy atom. The molecule has 2 aliphatic rings. The Kier molecular flexibility index (Phi) is 7.40. The summed E-state index contributed by atoms with van der Waals surface area (Å²) in [5, 5.41) is 0.337. The molecule has 1 saturated carbocycles. The van der Waals surface area contributed by atoms with Gasteiger partial charge in [0.25, 0.3) is 10.2 Å². The van der Waals surface area contributed by atoms with E-state index in [0.29, 0.717) is 5.02 Å². The second-order valence-electron chi connectivity index (χ2n) is 9.73. The third kappa shape index (κ3) is 4.51. The number of hydrogen-bond acceptors (Lipinski definition) is 4. The minimum Gasteiger partial charge on any atom is -0.223 e. The summed E-state index contributed by atoms with van der Waals surface area (Å²) in [5.41, 5.74) is -0.252. The fraction of sp³-hybridized carbons (Fsp3) is 0.440. The van der Waals surface area contributed by atoms with Crippen LogP contribution in [0, 0.1) is 17.6 Å². The first kappa shape index (κ1) is 27.2. The smallest absolute Gasteiger partial charge is 0.223 e. The van der Waals surface area contributed by atoms with Gasteiger partial charge in [0.1, 0.15) is 16.4 Å². The van der Waals surface area contributed by atoms with Crippen LogP contribution in [0.1, 0.15) is 45.1 Å². The molecule has 4 rings (SSSR count). The van der Waals surface area contributed by atoms with Crippen LogP contribution in [0.15, 0.2) is 60.0 Å². The number of sulfone groups is 1. The Bertz CT molecular complexity index is 1370. The summed E-state index contributed by atoms with van der Waals surface area (Å²) < 4.78 is 86.7. The topological polar surface area (TPSA) is 83.5 Å². The Hall–Kier alpha value is -1.85. The van der Waals surface area contributed by atoms with E-state index in [1.165, 1.54) is 28.6 Å². The number of nitrogens with one attached hydrogen (secondary N) is 1. The lowest BCUT2D eigenvalue weighted by molar-refractivity contribution is 0.101. The van der Waals surface area contributed by atoms with E-state index in [0.717, 1.165) is 18.2 Å². The molecule has 0 amide bonds. The van der Waals surface area contributed by atoms with Gasteiger partial charge in [0.05, 0.1) is 4.90 Å². The van der Waals surface area contributed by atoms with Crippen LogP contribution < -0.4 is 4.72 Å². The zero-order chi connectivity index (χ0) is 26.5. The maximum absolute atomic E-state index is 15.3. The zero-order valence-corrected chi connectivity index (χ0v) is 22.4. The molecule has 11 heteroatoms. The summed E-state index contributed by atoms with van der Waals surface area (Å²) in [6.45, 7) is 7.25. The van der Waals surface area contributed by atoms with Gasteiger partial charge in [0, 0.05) is 28.7 Å². The highest BCUT2D eigenvalue weighted by molar-refractivity contribution is 7.92. The lowest BCUT2D eigenvalue weighted by atomic mass is 9.71. The summed E-state index contributed by atoms with van der Waals surface area (Å²) in [6, 6.07) is 6.83. The summed E-state index contributed by atoms with van der Waals surface area (Å²) >= 11 is 5.98. The highest BCUT2D eigenvalue weighted by atomic mass is 35.5. The van der Waals surface area contributed by atoms with E-state index in [2.05, 4.69) is 11.3 Å². The van der Waals surface area contributed by atoms with Crippen molar-refractivity contribution >= 4 is 31.6 Å². The third-order valence-corrected chi connectivity index (χ3v) is 11.9. The molecule has 6 nitrogen and oxygen atoms in total. The number of nitrogens with zero attached hydrogens (tertiary/aromatic N) is 1. The summed E-state index contributed by atoms with van der Waals surface area (Å²) in [4.78, 5) is -0.0635. The molecule has 2 aromatic rings. The van der Waals surface area contributed by atoms with Gasteiger partial charge in [-0.2, -0.15) is 17.4 Å². The van der Waals surface area contributed by atoms with Crippen LogP contribution in [-0.2, 0) is 24.8 Å². The Labute approximate surface area is 216 Å². The highest BCUT2D eigenvalue weighted by Crippen LogP contribution is 2.52. The van der Waals surface area contributed by atoms with Crippen LogP contribution in [0.25, 0.3) is 0 Å². The van der Waals surface area contributed by atoms with Gasteiger partial charge < -0.3 is 0 Å². The largest absolute Gasteiger partial charge is 0.280 e. The van der Waals surface area contributed by atoms with Crippen LogP contribution in [0.5, 0.6) is 0 Å². The minimum absolute atomic E-state index is 0.0635. The van der Waals surface area contributed by atoms with Gasteiger partial charge in [0.2, 0.25) is 0 Å². The molecule has 1 N–H and O–H groups in total. The van der Waals surface area contributed by atoms with E-state index in [1.54, 1.807) is 19.9 Å². The fourth-order valence-electron chi connectivity index (χ4n) is 5.83. The van der Waals surface area contributed by atoms with Gasteiger partial charge in [-0.25, -0.2) is 17.2 Å². The predicted molar refractivity (Wildman–Crippen MR) is 135 cm³/mol. The lowest BCUT2D eigenvalue weighted by Gasteiger charge is -2.53. The van der Waals surface area contributed by atoms with E-state index in [9.17, 15) is 21.2 Å². The molecular formula is C25H29ClF2N2O4S2. The standard InChI is InChI=1S/C25H29ClF2N2O4S2/c1-4-5-24-20-15-25(21-14-18(27)8-11-22(21)28,35(31,32)19-9-6-17(26)7-10-19)13-12-23(20)29-36(33,34)30(24)16(2)3/h4,6-11,14,16,20,23-24,29H,1,5,12-13,15H2,2-3H3. The van der Waals surface area contributed by atoms with Gasteiger partial charge in [-0.3, -0.25) is 0 Å². The maximum Gasteiger partial charge on any atom is 0.280 e. The van der Waals surface area contributed by atoms with Crippen LogP contribution in [0.2, 0.25) is 5.02 Å². The molecule has 0 bridgehead atoms. The van der Waals surface area contributed by atoms with Gasteiger partial charge in [0.15, 0.2) is 9.84 Å². The minimum atomic E-state index is -4.28. The first-order chi connectivity index (χ1) is 16.8. The number of fused-ring (bicyclic) bond motifs is 1. The first-order valence-corrected chi connectivity index (χ1v) is 15.0. The number of halogens is 3. The fourth-order valence-corrected chi connectivity index (χ4v) is 10.1. The van der Waals surface area contributed by atoms with Crippen molar-refractivity contribution in [1.82, 2.24) is 9.03 Å². The molecule has 1 heterocycles. The van der Waals surface area contributed by atoms with Crippen molar-refractivity contribution in [2.75, 3.05) is 0 Å². The average Bonchev–Trinajstić information content (AvgIpc) is 2.80. The Morgan fingerprint density at radius 1 is 1.22 bits per heavy atom. The van der Waals surface area contributed by atoms with Crippen molar-refractivity contribution in [1.29, 1.82) is 0 Å². The Morgan fingerprint density at radius 3 is 2.50 bits per heavy atom. The molecule has 1 saturated heterocycles. The van der Waals surface area contributed by atoms with Gasteiger partial charge in [-0.05, 0) is 87.9 Å². The van der Waals surface area contributed by atoms with Crippen LogP contribution >= 0.6 is 11.6 Å². The second kappa shape index (κ2) is 9.79. The summed E-state index contributed by atoms with van der Waals surface area (Å²) in [5.74, 6) is -2.09. The van der Waals surface area contributed by atoms with E-state index >= 15 is 4.39 Å². The lowest BCUT2D eigenvalue weighted by Crippen LogP contribution is -2.66. The van der Waals surface area contributed by atoms with E-state index in [1.807, 2.05) is 0 Å². The monoisotopic (exact) mass is 558 g/mol. The van der Waals surface area contributed by atoms with Crippen LogP contribution in [0.4, 0.5) is 8.78 Å². The molecule has 0 radical (unpaired) electrons. The van der Waals surface area contributed by atoms with Crippen molar-refractivity contribution in [2.45, 2.75) is 67.3 Å². The van der Waals surface area contributed by atoms with Crippen molar-refractivity contribution in [3.63, 3.8) is 0 Å². The molecule has 1 aliphatic heterocycles.